The number of aromatic nitrogens is 7. The minimum atomic E-state index is 0.624. The molecule has 0 atom stereocenters. The topological polar surface area (TPSA) is 84.6 Å². The summed E-state index contributed by atoms with van der Waals surface area (Å²) in [6.07, 6.45) is 4.19. The smallest absolute Gasteiger partial charge is 0.181 e. The molecule has 0 fully saturated rings. The van der Waals surface area contributed by atoms with E-state index in [9.17, 15) is 0 Å². The molecule has 0 saturated heterocycles. The van der Waals surface area contributed by atoms with Crippen molar-refractivity contribution >= 4 is 16.7 Å². The summed E-state index contributed by atoms with van der Waals surface area (Å²) in [6.45, 7) is 0. The molecule has 25 heavy (non-hydrogen) atoms. The van der Waals surface area contributed by atoms with E-state index in [1.165, 1.54) is 0 Å². The third-order valence-corrected chi connectivity index (χ3v) is 4.09. The van der Waals surface area contributed by atoms with Gasteiger partial charge in [-0.3, -0.25) is 4.98 Å². The van der Waals surface area contributed by atoms with Crippen LogP contribution in [0.25, 0.3) is 27.9 Å². The van der Waals surface area contributed by atoms with Crippen LogP contribution in [0, 0.1) is 0 Å². The first kappa shape index (κ1) is 13.8. The summed E-state index contributed by atoms with van der Waals surface area (Å²) in [5.41, 5.74) is 5.39. The molecule has 0 aliphatic carbocycles. The average Bonchev–Trinajstić information content (AvgIpc) is 3.27. The second-order valence-corrected chi connectivity index (χ2v) is 5.76. The molecule has 0 amide bonds. The van der Waals surface area contributed by atoms with Crippen molar-refractivity contribution in [2.45, 2.75) is 6.42 Å². The van der Waals surface area contributed by atoms with Crippen molar-refractivity contribution in [2.75, 3.05) is 0 Å². The van der Waals surface area contributed by atoms with Crippen molar-refractivity contribution in [1.29, 1.82) is 0 Å². The summed E-state index contributed by atoms with van der Waals surface area (Å²) < 4.78 is 1.78. The van der Waals surface area contributed by atoms with Crippen LogP contribution in [0.5, 0.6) is 0 Å². The monoisotopic (exact) mass is 327 g/mol. The second-order valence-electron chi connectivity index (χ2n) is 5.76. The summed E-state index contributed by atoms with van der Waals surface area (Å²) in [4.78, 5) is 9.18. The minimum Gasteiger partial charge on any atom is -0.251 e. The number of fused-ring (bicyclic) bond motifs is 2. The third kappa shape index (κ3) is 2.42. The van der Waals surface area contributed by atoms with E-state index in [1.807, 2.05) is 54.7 Å². The summed E-state index contributed by atoms with van der Waals surface area (Å²) in [5.74, 6) is 0.744. The summed E-state index contributed by atoms with van der Waals surface area (Å²) in [5, 5.41) is 15.4. The van der Waals surface area contributed by atoms with Gasteiger partial charge in [0.25, 0.3) is 0 Å². The Morgan fingerprint density at radius 3 is 2.76 bits per heavy atom. The van der Waals surface area contributed by atoms with Gasteiger partial charge in [-0.15, -0.1) is 0 Å². The highest BCUT2D eigenvalue weighted by molar-refractivity contribution is 5.74. The molecule has 0 unspecified atom stereocenters. The lowest BCUT2D eigenvalue weighted by Crippen LogP contribution is -1.93. The lowest BCUT2D eigenvalue weighted by molar-refractivity contribution is 0.894. The zero-order chi connectivity index (χ0) is 16.6. The highest BCUT2D eigenvalue weighted by atomic mass is 15.3. The van der Waals surface area contributed by atoms with Gasteiger partial charge >= 0.3 is 0 Å². The van der Waals surface area contributed by atoms with Crippen LogP contribution in [0.15, 0.2) is 60.9 Å². The first-order valence-electron chi connectivity index (χ1n) is 7.92. The number of H-pyrrole nitrogens is 1. The van der Waals surface area contributed by atoms with Gasteiger partial charge in [-0.1, -0.05) is 36.4 Å². The zero-order valence-electron chi connectivity index (χ0n) is 13.2. The molecule has 0 bridgehead atoms. The number of rotatable bonds is 3. The van der Waals surface area contributed by atoms with Crippen LogP contribution in [0.1, 0.15) is 11.4 Å². The van der Waals surface area contributed by atoms with Crippen molar-refractivity contribution in [1.82, 2.24) is 35.0 Å². The molecule has 7 nitrogen and oxygen atoms in total. The molecular weight excluding hydrogens is 314 g/mol. The van der Waals surface area contributed by atoms with Gasteiger partial charge in [0, 0.05) is 24.4 Å². The Labute approximate surface area is 142 Å². The van der Waals surface area contributed by atoms with Crippen LogP contribution in [0.4, 0.5) is 0 Å². The molecule has 120 valence electrons. The average molecular weight is 327 g/mol. The van der Waals surface area contributed by atoms with Gasteiger partial charge in [-0.2, -0.15) is 20.5 Å². The Kier molecular flexibility index (Phi) is 3.03. The van der Waals surface area contributed by atoms with Gasteiger partial charge in [0.05, 0.1) is 0 Å². The lowest BCUT2D eigenvalue weighted by atomic mass is 10.1. The molecule has 1 N–H and O–H groups in total. The predicted octanol–water partition coefficient (Wildman–Crippen LogP) is 2.65. The second kappa shape index (κ2) is 5.48. The normalized spacial score (nSPS) is 11.4. The number of nitrogens with zero attached hydrogens (tertiary/aromatic N) is 6. The summed E-state index contributed by atoms with van der Waals surface area (Å²) in [7, 11) is 0. The van der Waals surface area contributed by atoms with Gasteiger partial charge in [0.15, 0.2) is 11.5 Å². The lowest BCUT2D eigenvalue weighted by Gasteiger charge is -2.00. The Morgan fingerprint density at radius 1 is 0.960 bits per heavy atom. The van der Waals surface area contributed by atoms with Crippen molar-refractivity contribution in [2.24, 2.45) is 0 Å². The molecule has 2 aromatic carbocycles. The van der Waals surface area contributed by atoms with E-state index in [2.05, 4.69) is 25.5 Å². The van der Waals surface area contributed by atoms with E-state index in [1.54, 1.807) is 10.7 Å². The van der Waals surface area contributed by atoms with Gasteiger partial charge in [0.2, 0.25) is 0 Å². The number of benzene rings is 2. The van der Waals surface area contributed by atoms with Crippen molar-refractivity contribution < 1.29 is 0 Å². The molecule has 5 aromatic rings. The fourth-order valence-corrected chi connectivity index (χ4v) is 2.91. The Balaban J connectivity index is 1.56. The highest BCUT2D eigenvalue weighted by Crippen LogP contribution is 2.21. The quantitative estimate of drug-likeness (QED) is 0.551. The number of hydrogen-bond acceptors (Lipinski definition) is 5. The van der Waals surface area contributed by atoms with Crippen LogP contribution >= 0.6 is 0 Å². The molecule has 7 heteroatoms. The first-order valence-corrected chi connectivity index (χ1v) is 7.92. The molecule has 3 heterocycles. The maximum Gasteiger partial charge on any atom is 0.181 e. The maximum absolute atomic E-state index is 4.70. The molecule has 5 rings (SSSR count). The van der Waals surface area contributed by atoms with Crippen LogP contribution < -0.4 is 0 Å². The molecule has 0 aliphatic heterocycles. The number of nitrogens with one attached hydrogen (secondary N) is 1. The number of hydrogen-bond donors (Lipinski definition) is 1. The van der Waals surface area contributed by atoms with Crippen LogP contribution in [-0.2, 0) is 6.42 Å². The summed E-state index contributed by atoms with van der Waals surface area (Å²) in [6, 6.07) is 16.0. The third-order valence-electron chi connectivity index (χ3n) is 4.09. The SMILES string of the molecule is c1ccc(-c2nccn3nc(Cc4ccc5n[nH]nc5c4)nc23)cc1. The van der Waals surface area contributed by atoms with Crippen LogP contribution in [-0.4, -0.2) is 35.0 Å². The maximum atomic E-state index is 4.70. The van der Waals surface area contributed by atoms with E-state index < -0.39 is 0 Å². The predicted molar refractivity (Wildman–Crippen MR) is 92.9 cm³/mol. The minimum absolute atomic E-state index is 0.624. The largest absolute Gasteiger partial charge is 0.251 e. The van der Waals surface area contributed by atoms with E-state index in [4.69, 9.17) is 4.98 Å². The van der Waals surface area contributed by atoms with Crippen molar-refractivity contribution in [3.63, 3.8) is 0 Å². The molecule has 0 spiro atoms. The van der Waals surface area contributed by atoms with Crippen molar-refractivity contribution in [3.05, 3.63) is 72.3 Å². The number of aromatic amines is 1. The molecular formula is C18H13N7. The van der Waals surface area contributed by atoms with Gasteiger partial charge in [-0.05, 0) is 17.7 Å². The standard InChI is InChI=1S/C18H13N7/c1-2-4-13(5-3-1)17-18-20-16(23-25(18)9-8-19-17)11-12-6-7-14-15(10-12)22-24-21-14/h1-10H,11H2,(H,21,22,24). The molecule has 3 aromatic heterocycles. The fourth-order valence-electron chi connectivity index (χ4n) is 2.91. The van der Waals surface area contributed by atoms with E-state index in [0.717, 1.165) is 39.3 Å². The molecule has 0 saturated carbocycles. The fraction of sp³-hybridized carbons (Fsp3) is 0.0556. The first-order chi connectivity index (χ1) is 12.4. The Morgan fingerprint density at radius 2 is 1.84 bits per heavy atom. The van der Waals surface area contributed by atoms with E-state index in [-0.39, 0.29) is 0 Å². The Bertz CT molecular complexity index is 1170. The van der Waals surface area contributed by atoms with Gasteiger partial charge in [-0.25, -0.2) is 9.50 Å². The van der Waals surface area contributed by atoms with Gasteiger partial charge < -0.3 is 0 Å². The van der Waals surface area contributed by atoms with Crippen LogP contribution in [0.2, 0.25) is 0 Å². The zero-order valence-corrected chi connectivity index (χ0v) is 13.2. The van der Waals surface area contributed by atoms with Crippen LogP contribution in [0.3, 0.4) is 0 Å². The molecule has 0 radical (unpaired) electrons. The van der Waals surface area contributed by atoms with E-state index in [0.29, 0.717) is 6.42 Å². The molecule has 0 aliphatic rings. The van der Waals surface area contributed by atoms with Crippen molar-refractivity contribution in [3.8, 4) is 11.3 Å². The highest BCUT2D eigenvalue weighted by Gasteiger charge is 2.11. The van der Waals surface area contributed by atoms with Gasteiger partial charge in [0.1, 0.15) is 16.7 Å². The summed E-state index contributed by atoms with van der Waals surface area (Å²) >= 11 is 0. The Hall–Kier alpha value is -3.61. The van der Waals surface area contributed by atoms with E-state index >= 15 is 0 Å².